The first-order valence-electron chi connectivity index (χ1n) is 2.86. The van der Waals surface area contributed by atoms with Gasteiger partial charge in [0, 0.05) is 6.07 Å². The van der Waals surface area contributed by atoms with E-state index in [1.165, 1.54) is 19.2 Å². The van der Waals surface area contributed by atoms with Crippen LogP contribution in [0.25, 0.3) is 0 Å². The maximum Gasteiger partial charge on any atom is 0.145 e. The molecule has 0 aromatic heterocycles. The molecule has 3 nitrogen and oxygen atoms in total. The zero-order chi connectivity index (χ0) is 7.56. The van der Waals surface area contributed by atoms with E-state index >= 15 is 0 Å². The fourth-order valence-corrected chi connectivity index (χ4v) is 0.700. The van der Waals surface area contributed by atoms with E-state index in [1.54, 1.807) is 6.07 Å². The van der Waals surface area contributed by atoms with E-state index in [9.17, 15) is 0 Å². The molecule has 0 aliphatic rings. The van der Waals surface area contributed by atoms with Crippen molar-refractivity contribution in [2.45, 2.75) is 0 Å². The second-order valence-electron chi connectivity index (χ2n) is 1.93. The summed E-state index contributed by atoms with van der Waals surface area (Å²) in [5.41, 5.74) is 5.99. The van der Waals surface area contributed by atoms with E-state index < -0.39 is 0 Å². The molecule has 1 aromatic rings. The number of methoxy groups -OCH3 is 1. The van der Waals surface area contributed by atoms with E-state index in [0.29, 0.717) is 11.4 Å². The number of halogens is 1. The fraction of sp³-hybridized carbons (Fsp3) is 0.143. The van der Waals surface area contributed by atoms with E-state index in [-0.39, 0.29) is 18.2 Å². The van der Waals surface area contributed by atoms with Crippen LogP contribution in [0, 0.1) is 0 Å². The van der Waals surface area contributed by atoms with Crippen LogP contribution >= 0.6 is 12.4 Å². The van der Waals surface area contributed by atoms with Gasteiger partial charge in [-0.1, -0.05) is 0 Å². The van der Waals surface area contributed by atoms with Gasteiger partial charge in [0.25, 0.3) is 0 Å². The summed E-state index contributed by atoms with van der Waals surface area (Å²) in [5, 5.41) is 8.93. The lowest BCUT2D eigenvalue weighted by atomic mass is 10.3. The van der Waals surface area contributed by atoms with Crippen LogP contribution in [0.5, 0.6) is 11.5 Å². The van der Waals surface area contributed by atoms with Crippen LogP contribution in [0.1, 0.15) is 0 Å². The molecule has 0 fully saturated rings. The highest BCUT2D eigenvalue weighted by Gasteiger charge is 1.97. The number of hydrogen-bond donors (Lipinski definition) is 2. The quantitative estimate of drug-likeness (QED) is 0.501. The molecule has 0 bridgehead atoms. The third-order valence-electron chi connectivity index (χ3n) is 1.22. The Labute approximate surface area is 71.2 Å². The molecule has 3 N–H and O–H groups in total. The third-order valence-corrected chi connectivity index (χ3v) is 1.22. The van der Waals surface area contributed by atoms with Gasteiger partial charge >= 0.3 is 0 Å². The van der Waals surface area contributed by atoms with Crippen molar-refractivity contribution in [3.05, 3.63) is 18.2 Å². The summed E-state index contributed by atoms with van der Waals surface area (Å²) in [6, 6.07) is 4.57. The van der Waals surface area contributed by atoms with Crippen LogP contribution in [0.2, 0.25) is 0 Å². The van der Waals surface area contributed by atoms with Crippen molar-refractivity contribution in [1.82, 2.24) is 0 Å². The molecule has 0 aliphatic heterocycles. The average Bonchev–Trinajstić information content (AvgIpc) is 1.94. The molecule has 0 unspecified atom stereocenters. The Morgan fingerprint density at radius 3 is 2.55 bits per heavy atom. The van der Waals surface area contributed by atoms with Gasteiger partial charge in [0.05, 0.1) is 12.8 Å². The number of benzene rings is 1. The number of aromatic hydroxyl groups is 1. The first-order valence-corrected chi connectivity index (χ1v) is 2.86. The SMILES string of the molecule is COc1cc(O)ccc1N.Cl. The lowest BCUT2D eigenvalue weighted by Crippen LogP contribution is -1.90. The molecule has 11 heavy (non-hydrogen) atoms. The van der Waals surface area contributed by atoms with Crippen molar-refractivity contribution >= 4 is 18.1 Å². The summed E-state index contributed by atoms with van der Waals surface area (Å²) in [5.74, 6) is 0.658. The Hall–Kier alpha value is -1.09. The van der Waals surface area contributed by atoms with Crippen molar-refractivity contribution in [2.24, 2.45) is 0 Å². The minimum Gasteiger partial charge on any atom is -0.508 e. The Morgan fingerprint density at radius 2 is 2.09 bits per heavy atom. The summed E-state index contributed by atoms with van der Waals surface area (Å²) >= 11 is 0. The van der Waals surface area contributed by atoms with Crippen LogP contribution in [0.3, 0.4) is 0 Å². The lowest BCUT2D eigenvalue weighted by molar-refractivity contribution is 0.410. The summed E-state index contributed by atoms with van der Waals surface area (Å²) in [4.78, 5) is 0. The van der Waals surface area contributed by atoms with Crippen molar-refractivity contribution in [3.63, 3.8) is 0 Å². The summed E-state index contributed by atoms with van der Waals surface area (Å²) in [7, 11) is 1.51. The standard InChI is InChI=1S/C7H9NO2.ClH/c1-10-7-4-5(9)2-3-6(7)8;/h2-4,9H,8H2,1H3;1H. The molecule has 1 rings (SSSR count). The van der Waals surface area contributed by atoms with E-state index in [1.807, 2.05) is 0 Å². The predicted molar refractivity (Wildman–Crippen MR) is 46.3 cm³/mol. The molecular formula is C7H10ClNO2. The first kappa shape index (κ1) is 9.91. The molecule has 0 spiro atoms. The van der Waals surface area contributed by atoms with Crippen LogP contribution < -0.4 is 10.5 Å². The van der Waals surface area contributed by atoms with Gasteiger partial charge in [-0.3, -0.25) is 0 Å². The van der Waals surface area contributed by atoms with E-state index in [0.717, 1.165) is 0 Å². The smallest absolute Gasteiger partial charge is 0.145 e. The average molecular weight is 176 g/mol. The minimum atomic E-state index is 0. The van der Waals surface area contributed by atoms with Gasteiger partial charge in [-0.15, -0.1) is 12.4 Å². The highest BCUT2D eigenvalue weighted by atomic mass is 35.5. The highest BCUT2D eigenvalue weighted by molar-refractivity contribution is 5.85. The number of phenolic OH excluding ortho intramolecular Hbond substituents is 1. The minimum absolute atomic E-state index is 0. The highest BCUT2D eigenvalue weighted by Crippen LogP contribution is 2.24. The molecule has 0 atom stereocenters. The number of ether oxygens (including phenoxy) is 1. The normalized spacial score (nSPS) is 8.45. The predicted octanol–water partition coefficient (Wildman–Crippen LogP) is 1.40. The fourth-order valence-electron chi connectivity index (χ4n) is 0.700. The molecule has 1 aromatic carbocycles. The monoisotopic (exact) mass is 175 g/mol. The molecule has 0 saturated carbocycles. The van der Waals surface area contributed by atoms with Crippen LogP contribution in [-0.2, 0) is 0 Å². The van der Waals surface area contributed by atoms with Gasteiger partial charge in [-0.05, 0) is 12.1 Å². The van der Waals surface area contributed by atoms with Gasteiger partial charge in [0.1, 0.15) is 11.5 Å². The van der Waals surface area contributed by atoms with Crippen molar-refractivity contribution < 1.29 is 9.84 Å². The first-order chi connectivity index (χ1) is 4.74. The van der Waals surface area contributed by atoms with Crippen molar-refractivity contribution in [2.75, 3.05) is 12.8 Å². The number of rotatable bonds is 1. The maximum absolute atomic E-state index is 8.93. The van der Waals surface area contributed by atoms with Gasteiger partial charge in [0.2, 0.25) is 0 Å². The molecule has 62 valence electrons. The molecule has 0 radical (unpaired) electrons. The molecular weight excluding hydrogens is 166 g/mol. The molecule has 0 heterocycles. The second-order valence-corrected chi connectivity index (χ2v) is 1.93. The Balaban J connectivity index is 0.000001000. The topological polar surface area (TPSA) is 55.5 Å². The summed E-state index contributed by atoms with van der Waals surface area (Å²) in [6.45, 7) is 0. The second kappa shape index (κ2) is 3.93. The number of hydrogen-bond acceptors (Lipinski definition) is 3. The van der Waals surface area contributed by atoms with Crippen LogP contribution in [-0.4, -0.2) is 12.2 Å². The third kappa shape index (κ3) is 2.20. The van der Waals surface area contributed by atoms with E-state index in [4.69, 9.17) is 15.6 Å². The van der Waals surface area contributed by atoms with Crippen molar-refractivity contribution in [1.29, 1.82) is 0 Å². The Kier molecular flexibility index (Phi) is 3.54. The van der Waals surface area contributed by atoms with Crippen LogP contribution in [0.4, 0.5) is 5.69 Å². The lowest BCUT2D eigenvalue weighted by Gasteiger charge is -2.02. The Morgan fingerprint density at radius 1 is 1.45 bits per heavy atom. The molecule has 4 heteroatoms. The summed E-state index contributed by atoms with van der Waals surface area (Å²) < 4.78 is 4.84. The maximum atomic E-state index is 8.93. The molecule has 0 aliphatic carbocycles. The number of nitrogens with two attached hydrogens (primary N) is 1. The molecule has 0 saturated heterocycles. The zero-order valence-electron chi connectivity index (χ0n) is 6.07. The number of phenols is 1. The largest absolute Gasteiger partial charge is 0.508 e. The van der Waals surface area contributed by atoms with E-state index in [2.05, 4.69) is 0 Å². The van der Waals surface area contributed by atoms with Gasteiger partial charge in [-0.2, -0.15) is 0 Å². The van der Waals surface area contributed by atoms with Crippen LogP contribution in [0.15, 0.2) is 18.2 Å². The van der Waals surface area contributed by atoms with Gasteiger partial charge in [0.15, 0.2) is 0 Å². The zero-order valence-corrected chi connectivity index (χ0v) is 6.89. The Bertz CT molecular complexity index is 240. The summed E-state index contributed by atoms with van der Waals surface area (Å²) in [6.07, 6.45) is 0. The number of nitrogen functional groups attached to an aromatic ring is 1. The number of anilines is 1. The van der Waals surface area contributed by atoms with Gasteiger partial charge in [-0.25, -0.2) is 0 Å². The molecule has 0 amide bonds. The van der Waals surface area contributed by atoms with Crippen molar-refractivity contribution in [3.8, 4) is 11.5 Å². The van der Waals surface area contributed by atoms with Gasteiger partial charge < -0.3 is 15.6 Å².